The van der Waals surface area contributed by atoms with Crippen LogP contribution in [0.25, 0.3) is 0 Å². The molecule has 1 aliphatic rings. The molecule has 11 heteroatoms. The number of ether oxygens (including phenoxy) is 1. The average Bonchev–Trinajstić information content (AvgIpc) is 2.76. The van der Waals surface area contributed by atoms with Gasteiger partial charge in [0.05, 0.1) is 16.6 Å². The molecule has 3 atom stereocenters. The maximum atomic E-state index is 12.9. The first kappa shape index (κ1) is 23.2. The lowest BCUT2D eigenvalue weighted by Crippen LogP contribution is -2.52. The van der Waals surface area contributed by atoms with Crippen LogP contribution in [0, 0.1) is 0 Å². The van der Waals surface area contributed by atoms with Crippen molar-refractivity contribution >= 4 is 16.9 Å². The minimum atomic E-state index is -4.40. The third-order valence-electron chi connectivity index (χ3n) is 4.85. The van der Waals surface area contributed by atoms with Gasteiger partial charge in [-0.25, -0.2) is 14.0 Å². The van der Waals surface area contributed by atoms with Crippen molar-refractivity contribution in [2.75, 3.05) is 6.54 Å². The van der Waals surface area contributed by atoms with Crippen LogP contribution < -0.4 is 10.2 Å². The Morgan fingerprint density at radius 2 is 1.77 bits per heavy atom. The number of nitrogens with one attached hydrogen (secondary N) is 1. The van der Waals surface area contributed by atoms with Gasteiger partial charge in [0.25, 0.3) is 5.91 Å². The summed E-state index contributed by atoms with van der Waals surface area (Å²) in [6.45, 7) is 0.0640. The molecule has 0 bridgehead atoms. The van der Waals surface area contributed by atoms with Crippen molar-refractivity contribution in [2.45, 2.75) is 42.7 Å². The van der Waals surface area contributed by atoms with Gasteiger partial charge < -0.3 is 9.84 Å². The van der Waals surface area contributed by atoms with Gasteiger partial charge in [0.2, 0.25) is 0 Å². The molecule has 31 heavy (non-hydrogen) atoms. The van der Waals surface area contributed by atoms with Crippen LogP contribution in [-0.2, 0) is 28.6 Å². The number of carbonyl (C=O) groups excluding carboxylic acids is 1. The topological polar surface area (TPSA) is 99.1 Å². The second-order valence-corrected chi connectivity index (χ2v) is 8.47. The van der Waals surface area contributed by atoms with E-state index in [2.05, 4.69) is 0 Å². The molecule has 1 unspecified atom stereocenters. The number of alkyl halides is 3. The smallest absolute Gasteiger partial charge is 0.416 e. The standard InChI is InChI=1S/C20H21F3N2O5S/c21-20(22,23)14-3-1-13(2-4-14)12-30-16-6-8-17(9-7-16)31(29)25-11-15(26)5-10-18(25)19(27)24-28/h1-4,6-9,15,18,26,28H,5,10-12H2,(H,24,27)/t15-,18-,31?/m1/s1. The SMILES string of the molecule is O=C(NO)[C@H]1CC[C@@H](O)CN1S(=O)c1ccc(OCc2ccc(C(F)(F)F)cc2)cc1. The summed E-state index contributed by atoms with van der Waals surface area (Å²) < 4.78 is 57.6. The summed E-state index contributed by atoms with van der Waals surface area (Å²) in [6, 6.07) is 9.97. The van der Waals surface area contributed by atoms with Crippen molar-refractivity contribution in [1.29, 1.82) is 0 Å². The summed E-state index contributed by atoms with van der Waals surface area (Å²) in [5.74, 6) is -0.277. The van der Waals surface area contributed by atoms with Gasteiger partial charge in [0.1, 0.15) is 29.4 Å². The molecule has 0 radical (unpaired) electrons. The Kier molecular flexibility index (Phi) is 7.31. The van der Waals surface area contributed by atoms with E-state index in [-0.39, 0.29) is 19.6 Å². The van der Waals surface area contributed by atoms with E-state index in [9.17, 15) is 27.3 Å². The normalized spacial score (nSPS) is 20.8. The third kappa shape index (κ3) is 5.82. The van der Waals surface area contributed by atoms with Crippen LogP contribution in [0.2, 0.25) is 0 Å². The highest BCUT2D eigenvalue weighted by Crippen LogP contribution is 2.29. The van der Waals surface area contributed by atoms with E-state index < -0.39 is 40.8 Å². The zero-order chi connectivity index (χ0) is 22.6. The number of hydrogen-bond donors (Lipinski definition) is 3. The van der Waals surface area contributed by atoms with Gasteiger partial charge in [-0.15, -0.1) is 0 Å². The number of halogens is 3. The minimum absolute atomic E-state index is 0.0108. The number of β-amino-alcohol motifs (C(OH)–C–C–N with tert-alkyl or cyclic N) is 1. The Morgan fingerprint density at radius 1 is 1.13 bits per heavy atom. The molecular formula is C20H21F3N2O5S. The summed E-state index contributed by atoms with van der Waals surface area (Å²) >= 11 is 0. The van der Waals surface area contributed by atoms with Crippen molar-refractivity contribution in [2.24, 2.45) is 0 Å². The molecule has 0 saturated carbocycles. The van der Waals surface area contributed by atoms with Gasteiger partial charge in [0.15, 0.2) is 0 Å². The first-order valence-electron chi connectivity index (χ1n) is 9.38. The number of aliphatic hydroxyl groups excluding tert-OH is 1. The molecule has 3 rings (SSSR count). The van der Waals surface area contributed by atoms with E-state index >= 15 is 0 Å². The molecule has 7 nitrogen and oxygen atoms in total. The van der Waals surface area contributed by atoms with Crippen LogP contribution in [0.1, 0.15) is 24.0 Å². The van der Waals surface area contributed by atoms with Gasteiger partial charge in [-0.1, -0.05) is 12.1 Å². The van der Waals surface area contributed by atoms with Gasteiger partial charge in [-0.05, 0) is 54.8 Å². The highest BCUT2D eigenvalue weighted by molar-refractivity contribution is 7.82. The van der Waals surface area contributed by atoms with E-state index in [0.29, 0.717) is 22.6 Å². The second-order valence-electron chi connectivity index (χ2n) is 7.03. The molecule has 0 spiro atoms. The summed E-state index contributed by atoms with van der Waals surface area (Å²) in [4.78, 5) is 12.2. The Hall–Kier alpha value is -2.47. The van der Waals surface area contributed by atoms with Gasteiger partial charge in [-0.2, -0.15) is 13.2 Å². The quantitative estimate of drug-likeness (QED) is 0.457. The molecule has 2 aromatic carbocycles. The number of piperidine rings is 1. The number of aliphatic hydroxyl groups is 1. The number of hydroxylamine groups is 1. The highest BCUT2D eigenvalue weighted by atomic mass is 32.2. The Morgan fingerprint density at radius 3 is 2.35 bits per heavy atom. The summed E-state index contributed by atoms with van der Waals surface area (Å²) in [5.41, 5.74) is 1.38. The van der Waals surface area contributed by atoms with Crippen LogP contribution in [0.3, 0.4) is 0 Å². The molecular weight excluding hydrogens is 437 g/mol. The first-order chi connectivity index (χ1) is 14.7. The maximum absolute atomic E-state index is 12.9. The van der Waals surface area contributed by atoms with E-state index in [0.717, 1.165) is 12.1 Å². The fourth-order valence-corrected chi connectivity index (χ4v) is 4.56. The largest absolute Gasteiger partial charge is 0.489 e. The molecule has 1 heterocycles. The Labute approximate surface area is 179 Å². The summed E-state index contributed by atoms with van der Waals surface area (Å²) in [7, 11) is -1.76. The molecule has 168 valence electrons. The van der Waals surface area contributed by atoms with E-state index in [1.807, 2.05) is 0 Å². The van der Waals surface area contributed by atoms with Crippen molar-refractivity contribution in [3.8, 4) is 5.75 Å². The van der Waals surface area contributed by atoms with E-state index in [1.165, 1.54) is 28.6 Å². The zero-order valence-corrected chi connectivity index (χ0v) is 17.0. The van der Waals surface area contributed by atoms with Crippen molar-refractivity contribution in [3.63, 3.8) is 0 Å². The average molecular weight is 458 g/mol. The van der Waals surface area contributed by atoms with Gasteiger partial charge >= 0.3 is 6.18 Å². The predicted molar refractivity (Wildman–Crippen MR) is 104 cm³/mol. The van der Waals surface area contributed by atoms with E-state index in [1.54, 1.807) is 17.6 Å². The molecule has 1 fully saturated rings. The molecule has 2 aromatic rings. The monoisotopic (exact) mass is 458 g/mol. The molecule has 0 aromatic heterocycles. The summed E-state index contributed by atoms with van der Waals surface area (Å²) in [5, 5.41) is 18.8. The fraction of sp³-hybridized carbons (Fsp3) is 0.350. The van der Waals surface area contributed by atoms with Crippen molar-refractivity contribution in [1.82, 2.24) is 9.79 Å². The number of amides is 1. The zero-order valence-electron chi connectivity index (χ0n) is 16.2. The van der Waals surface area contributed by atoms with Crippen molar-refractivity contribution < 1.29 is 37.2 Å². The lowest BCUT2D eigenvalue weighted by atomic mass is 10.0. The van der Waals surface area contributed by atoms with Crippen LogP contribution in [-0.4, -0.2) is 43.4 Å². The predicted octanol–water partition coefficient (Wildman–Crippen LogP) is 2.64. The van der Waals surface area contributed by atoms with Crippen LogP contribution in [0.15, 0.2) is 53.4 Å². The number of rotatable bonds is 6. The van der Waals surface area contributed by atoms with Crippen LogP contribution in [0.5, 0.6) is 5.75 Å². The Bertz CT molecular complexity index is 922. The van der Waals surface area contributed by atoms with Gasteiger partial charge in [0, 0.05) is 6.54 Å². The lowest BCUT2D eigenvalue weighted by molar-refractivity contribution is -0.137. The van der Waals surface area contributed by atoms with Crippen LogP contribution in [0.4, 0.5) is 13.2 Å². The molecule has 1 amide bonds. The number of nitrogens with zero attached hydrogens (tertiary/aromatic N) is 1. The highest BCUT2D eigenvalue weighted by Gasteiger charge is 2.36. The fourth-order valence-electron chi connectivity index (χ4n) is 3.18. The number of benzene rings is 2. The van der Waals surface area contributed by atoms with E-state index in [4.69, 9.17) is 9.94 Å². The first-order valence-corrected chi connectivity index (χ1v) is 10.5. The van der Waals surface area contributed by atoms with Crippen LogP contribution >= 0.6 is 0 Å². The minimum Gasteiger partial charge on any atom is -0.489 e. The van der Waals surface area contributed by atoms with Gasteiger partial charge in [-0.3, -0.25) is 10.0 Å². The molecule has 3 N–H and O–H groups in total. The summed E-state index contributed by atoms with van der Waals surface area (Å²) in [6.07, 6.45) is -4.54. The maximum Gasteiger partial charge on any atom is 0.416 e. The lowest BCUT2D eigenvalue weighted by Gasteiger charge is -2.35. The second kappa shape index (κ2) is 9.77. The van der Waals surface area contributed by atoms with Crippen molar-refractivity contribution in [3.05, 3.63) is 59.7 Å². The molecule has 1 saturated heterocycles. The Balaban J connectivity index is 1.63. The molecule has 0 aliphatic carbocycles. The number of hydrogen-bond acceptors (Lipinski definition) is 5. The molecule has 1 aliphatic heterocycles. The number of carbonyl (C=O) groups is 1. The third-order valence-corrected chi connectivity index (χ3v) is 6.35.